The van der Waals surface area contributed by atoms with Crippen molar-refractivity contribution < 1.29 is 4.39 Å². The second kappa shape index (κ2) is 5.20. The van der Waals surface area contributed by atoms with Crippen LogP contribution in [0, 0.1) is 0 Å². The Balaban J connectivity index is 2.55. The molecule has 13 heavy (non-hydrogen) atoms. The molecule has 0 amide bonds. The molecule has 0 saturated carbocycles. The van der Waals surface area contributed by atoms with Crippen LogP contribution in [0.1, 0.15) is 18.5 Å². The third kappa shape index (κ3) is 3.33. The Morgan fingerprint density at radius 3 is 2.54 bits per heavy atom. The minimum Gasteiger partial charge on any atom is -0.308 e. The zero-order chi connectivity index (χ0) is 9.68. The van der Waals surface area contributed by atoms with Gasteiger partial charge in [-0.2, -0.15) is 0 Å². The van der Waals surface area contributed by atoms with Crippen LogP contribution >= 0.6 is 11.6 Å². The van der Waals surface area contributed by atoms with Crippen LogP contribution in [0.3, 0.4) is 0 Å². The fourth-order valence-electron chi connectivity index (χ4n) is 1.14. The van der Waals surface area contributed by atoms with Gasteiger partial charge in [0, 0.05) is 17.6 Å². The summed E-state index contributed by atoms with van der Waals surface area (Å²) in [5.74, 6) is 0. The summed E-state index contributed by atoms with van der Waals surface area (Å²) in [6.07, 6.45) is 0. The molecule has 0 spiro atoms. The summed E-state index contributed by atoms with van der Waals surface area (Å²) >= 11 is 5.74. The van der Waals surface area contributed by atoms with Crippen LogP contribution in [-0.2, 0) is 0 Å². The first-order valence-electron chi connectivity index (χ1n) is 4.29. The van der Waals surface area contributed by atoms with Crippen LogP contribution < -0.4 is 5.32 Å². The molecule has 0 aliphatic heterocycles. The van der Waals surface area contributed by atoms with E-state index in [0.29, 0.717) is 6.54 Å². The molecule has 1 N–H and O–H groups in total. The van der Waals surface area contributed by atoms with Crippen molar-refractivity contribution in [2.24, 2.45) is 0 Å². The lowest BCUT2D eigenvalue weighted by molar-refractivity contribution is 0.444. The van der Waals surface area contributed by atoms with Crippen LogP contribution in [0.2, 0.25) is 5.02 Å². The van der Waals surface area contributed by atoms with E-state index in [9.17, 15) is 4.39 Å². The van der Waals surface area contributed by atoms with E-state index in [1.807, 2.05) is 31.2 Å². The van der Waals surface area contributed by atoms with Crippen molar-refractivity contribution in [1.82, 2.24) is 5.32 Å². The molecule has 1 unspecified atom stereocenters. The molecule has 1 aromatic rings. The summed E-state index contributed by atoms with van der Waals surface area (Å²) in [5, 5.41) is 3.77. The Hall–Kier alpha value is -0.600. The molecule has 72 valence electrons. The van der Waals surface area contributed by atoms with Gasteiger partial charge in [-0.25, -0.2) is 4.39 Å². The Morgan fingerprint density at radius 2 is 2.00 bits per heavy atom. The molecule has 0 aromatic heterocycles. The summed E-state index contributed by atoms with van der Waals surface area (Å²) < 4.78 is 11.8. The average molecular weight is 202 g/mol. The lowest BCUT2D eigenvalue weighted by Gasteiger charge is -2.12. The van der Waals surface area contributed by atoms with E-state index < -0.39 is 0 Å². The van der Waals surface area contributed by atoms with Gasteiger partial charge in [0.15, 0.2) is 0 Å². The van der Waals surface area contributed by atoms with Crippen LogP contribution in [0.25, 0.3) is 0 Å². The maximum absolute atomic E-state index is 11.8. The van der Waals surface area contributed by atoms with Crippen molar-refractivity contribution >= 4 is 11.6 Å². The molecule has 0 aliphatic carbocycles. The molecule has 1 rings (SSSR count). The zero-order valence-corrected chi connectivity index (χ0v) is 8.31. The van der Waals surface area contributed by atoms with Crippen molar-refractivity contribution in [3.63, 3.8) is 0 Å². The normalized spacial score (nSPS) is 12.8. The molecule has 1 atom stereocenters. The molecule has 0 bridgehead atoms. The topological polar surface area (TPSA) is 12.0 Å². The lowest BCUT2D eigenvalue weighted by atomic mass is 10.1. The fraction of sp³-hybridized carbons (Fsp3) is 0.400. The Kier molecular flexibility index (Phi) is 4.19. The fourth-order valence-corrected chi connectivity index (χ4v) is 1.27. The van der Waals surface area contributed by atoms with E-state index in [0.717, 1.165) is 10.6 Å². The van der Waals surface area contributed by atoms with E-state index in [1.54, 1.807) is 0 Å². The minimum absolute atomic E-state index is 0.174. The van der Waals surface area contributed by atoms with E-state index >= 15 is 0 Å². The van der Waals surface area contributed by atoms with Crippen molar-refractivity contribution in [3.05, 3.63) is 34.9 Å². The number of halogens is 2. The van der Waals surface area contributed by atoms with Gasteiger partial charge >= 0.3 is 0 Å². The van der Waals surface area contributed by atoms with Gasteiger partial charge in [-0.15, -0.1) is 0 Å². The Bertz CT molecular complexity index is 248. The molecule has 0 radical (unpaired) electrons. The summed E-state index contributed by atoms with van der Waals surface area (Å²) in [4.78, 5) is 0. The smallest absolute Gasteiger partial charge is 0.102 e. The van der Waals surface area contributed by atoms with Gasteiger partial charge < -0.3 is 5.32 Å². The molecular weight excluding hydrogens is 189 g/mol. The molecular formula is C10H13ClFN. The first-order valence-corrected chi connectivity index (χ1v) is 4.66. The first kappa shape index (κ1) is 10.5. The number of alkyl halides is 1. The SMILES string of the molecule is CC(NCCF)c1ccc(Cl)cc1. The highest BCUT2D eigenvalue weighted by atomic mass is 35.5. The van der Waals surface area contributed by atoms with Gasteiger partial charge in [0.2, 0.25) is 0 Å². The third-order valence-electron chi connectivity index (χ3n) is 1.92. The largest absolute Gasteiger partial charge is 0.308 e. The van der Waals surface area contributed by atoms with E-state index in [-0.39, 0.29) is 12.7 Å². The number of hydrogen-bond donors (Lipinski definition) is 1. The predicted octanol–water partition coefficient (Wildman–Crippen LogP) is 2.96. The second-order valence-corrected chi connectivity index (χ2v) is 3.35. The molecule has 0 heterocycles. The lowest BCUT2D eigenvalue weighted by Crippen LogP contribution is -2.20. The van der Waals surface area contributed by atoms with Crippen LogP contribution in [-0.4, -0.2) is 13.2 Å². The van der Waals surface area contributed by atoms with Gasteiger partial charge in [-0.05, 0) is 24.6 Å². The number of rotatable bonds is 4. The third-order valence-corrected chi connectivity index (χ3v) is 2.17. The monoisotopic (exact) mass is 201 g/mol. The second-order valence-electron chi connectivity index (χ2n) is 2.92. The number of benzene rings is 1. The molecule has 1 nitrogen and oxygen atoms in total. The molecule has 3 heteroatoms. The van der Waals surface area contributed by atoms with Gasteiger partial charge in [-0.3, -0.25) is 0 Å². The van der Waals surface area contributed by atoms with Gasteiger partial charge in [-0.1, -0.05) is 23.7 Å². The first-order chi connectivity index (χ1) is 6.24. The molecule has 0 fully saturated rings. The minimum atomic E-state index is -0.335. The Morgan fingerprint density at radius 1 is 1.38 bits per heavy atom. The van der Waals surface area contributed by atoms with Gasteiger partial charge in [0.1, 0.15) is 6.67 Å². The van der Waals surface area contributed by atoms with Crippen molar-refractivity contribution in [2.75, 3.05) is 13.2 Å². The highest BCUT2D eigenvalue weighted by molar-refractivity contribution is 6.30. The highest BCUT2D eigenvalue weighted by Gasteiger charge is 2.02. The van der Waals surface area contributed by atoms with Gasteiger partial charge in [0.25, 0.3) is 0 Å². The standard InChI is InChI=1S/C10H13ClFN/c1-8(13-7-6-12)9-2-4-10(11)5-3-9/h2-5,8,13H,6-7H2,1H3. The Labute approximate surface area is 82.9 Å². The zero-order valence-electron chi connectivity index (χ0n) is 7.56. The summed E-state index contributed by atoms with van der Waals surface area (Å²) in [7, 11) is 0. The van der Waals surface area contributed by atoms with Crippen LogP contribution in [0.15, 0.2) is 24.3 Å². The predicted molar refractivity (Wildman–Crippen MR) is 53.8 cm³/mol. The van der Waals surface area contributed by atoms with E-state index in [4.69, 9.17) is 11.6 Å². The van der Waals surface area contributed by atoms with E-state index in [1.165, 1.54) is 0 Å². The highest BCUT2D eigenvalue weighted by Crippen LogP contribution is 2.15. The summed E-state index contributed by atoms with van der Waals surface area (Å²) in [6.45, 7) is 2.06. The maximum Gasteiger partial charge on any atom is 0.102 e. The molecule has 1 aromatic carbocycles. The van der Waals surface area contributed by atoms with Crippen molar-refractivity contribution in [1.29, 1.82) is 0 Å². The number of nitrogens with one attached hydrogen (secondary N) is 1. The molecule has 0 aliphatic rings. The maximum atomic E-state index is 11.8. The molecule has 0 saturated heterocycles. The van der Waals surface area contributed by atoms with Crippen molar-refractivity contribution in [2.45, 2.75) is 13.0 Å². The summed E-state index contributed by atoms with van der Waals surface area (Å²) in [6, 6.07) is 7.74. The number of hydrogen-bond acceptors (Lipinski definition) is 1. The van der Waals surface area contributed by atoms with Crippen molar-refractivity contribution in [3.8, 4) is 0 Å². The van der Waals surface area contributed by atoms with E-state index in [2.05, 4.69) is 5.32 Å². The summed E-state index contributed by atoms with van der Waals surface area (Å²) in [5.41, 5.74) is 1.12. The average Bonchev–Trinajstić information content (AvgIpc) is 2.15. The van der Waals surface area contributed by atoms with Crippen LogP contribution in [0.4, 0.5) is 4.39 Å². The quantitative estimate of drug-likeness (QED) is 0.790. The van der Waals surface area contributed by atoms with Gasteiger partial charge in [0.05, 0.1) is 0 Å². The van der Waals surface area contributed by atoms with Crippen LogP contribution in [0.5, 0.6) is 0 Å².